The summed E-state index contributed by atoms with van der Waals surface area (Å²) in [6.07, 6.45) is 4.45. The minimum Gasteiger partial charge on any atom is -0.308 e. The summed E-state index contributed by atoms with van der Waals surface area (Å²) in [5, 5.41) is 3.80. The zero-order chi connectivity index (χ0) is 13.1. The average molecular weight is 238 g/mol. The van der Waals surface area contributed by atoms with E-state index in [4.69, 9.17) is 0 Å². The molecule has 0 radical (unpaired) electrons. The lowest BCUT2D eigenvalue weighted by atomic mass is 9.80. The van der Waals surface area contributed by atoms with Gasteiger partial charge in [0, 0.05) is 31.2 Å². The Hall–Kier alpha value is -0.340. The molecular formula is C15H30N2. The first-order valence-electron chi connectivity index (χ1n) is 6.98. The van der Waals surface area contributed by atoms with E-state index < -0.39 is 0 Å². The quantitative estimate of drug-likeness (QED) is 0.757. The van der Waals surface area contributed by atoms with Crippen LogP contribution in [-0.4, -0.2) is 36.1 Å². The minimum atomic E-state index is 0.310. The molecule has 0 spiro atoms. The van der Waals surface area contributed by atoms with Crippen LogP contribution in [0.3, 0.4) is 0 Å². The fraction of sp³-hybridized carbons (Fsp3) is 0.867. The third kappa shape index (κ3) is 3.32. The van der Waals surface area contributed by atoms with Crippen LogP contribution in [0.25, 0.3) is 0 Å². The second kappa shape index (κ2) is 5.53. The maximum absolute atomic E-state index is 3.91. The van der Waals surface area contributed by atoms with Crippen LogP contribution in [-0.2, 0) is 0 Å². The summed E-state index contributed by atoms with van der Waals surface area (Å²) >= 11 is 0. The number of nitrogens with one attached hydrogen (secondary N) is 1. The fourth-order valence-corrected chi connectivity index (χ4v) is 2.93. The Bertz CT molecular complexity index is 248. The molecular weight excluding hydrogens is 208 g/mol. The highest BCUT2D eigenvalue weighted by Gasteiger charge is 2.40. The van der Waals surface area contributed by atoms with Crippen LogP contribution in [0.4, 0.5) is 0 Å². The number of hydrogen-bond donors (Lipinski definition) is 1. The van der Waals surface area contributed by atoms with Crippen LogP contribution in [0, 0.1) is 5.41 Å². The van der Waals surface area contributed by atoms with Gasteiger partial charge in [0.15, 0.2) is 0 Å². The summed E-state index contributed by atoms with van der Waals surface area (Å²) in [5.74, 6) is 0. The van der Waals surface area contributed by atoms with Crippen LogP contribution in [0.2, 0.25) is 0 Å². The van der Waals surface area contributed by atoms with E-state index in [0.29, 0.717) is 17.0 Å². The van der Waals surface area contributed by atoms with E-state index in [1.165, 1.54) is 12.8 Å². The van der Waals surface area contributed by atoms with Crippen molar-refractivity contribution in [3.63, 3.8) is 0 Å². The van der Waals surface area contributed by atoms with Crippen LogP contribution >= 0.6 is 0 Å². The molecule has 17 heavy (non-hydrogen) atoms. The van der Waals surface area contributed by atoms with E-state index in [0.717, 1.165) is 19.6 Å². The number of piperazine rings is 1. The van der Waals surface area contributed by atoms with Gasteiger partial charge in [0.25, 0.3) is 0 Å². The predicted octanol–water partition coefficient (Wildman–Crippen LogP) is 3.05. The summed E-state index contributed by atoms with van der Waals surface area (Å²) in [5.41, 5.74) is 0.633. The molecule has 1 saturated heterocycles. The Kier molecular flexibility index (Phi) is 4.79. The van der Waals surface area contributed by atoms with Crippen LogP contribution in [0.15, 0.2) is 12.7 Å². The molecule has 1 rings (SSSR count). The first-order chi connectivity index (χ1) is 7.88. The van der Waals surface area contributed by atoms with Gasteiger partial charge in [-0.2, -0.15) is 0 Å². The van der Waals surface area contributed by atoms with Gasteiger partial charge in [0.2, 0.25) is 0 Å². The van der Waals surface area contributed by atoms with Crippen molar-refractivity contribution in [1.82, 2.24) is 10.2 Å². The van der Waals surface area contributed by atoms with Crippen LogP contribution in [0.1, 0.15) is 47.5 Å². The van der Waals surface area contributed by atoms with Gasteiger partial charge in [-0.15, -0.1) is 6.58 Å². The van der Waals surface area contributed by atoms with Gasteiger partial charge in [0.05, 0.1) is 0 Å². The highest BCUT2D eigenvalue weighted by atomic mass is 15.3. The number of hydrogen-bond acceptors (Lipinski definition) is 2. The summed E-state index contributed by atoms with van der Waals surface area (Å²) < 4.78 is 0. The molecule has 0 amide bonds. The normalized spacial score (nSPS) is 25.8. The molecule has 1 N–H and O–H groups in total. The van der Waals surface area contributed by atoms with Gasteiger partial charge in [-0.05, 0) is 18.3 Å². The Morgan fingerprint density at radius 1 is 1.35 bits per heavy atom. The number of rotatable bonds is 4. The van der Waals surface area contributed by atoms with Crippen molar-refractivity contribution >= 4 is 0 Å². The maximum Gasteiger partial charge on any atom is 0.0304 e. The fourth-order valence-electron chi connectivity index (χ4n) is 2.93. The van der Waals surface area contributed by atoms with Crippen molar-refractivity contribution in [3.8, 4) is 0 Å². The second-order valence-corrected chi connectivity index (χ2v) is 6.47. The highest BCUT2D eigenvalue weighted by Crippen LogP contribution is 2.31. The van der Waals surface area contributed by atoms with Gasteiger partial charge in [-0.3, -0.25) is 4.90 Å². The smallest absolute Gasteiger partial charge is 0.0304 e. The highest BCUT2D eigenvalue weighted by molar-refractivity contribution is 5.01. The van der Waals surface area contributed by atoms with Crippen molar-refractivity contribution in [1.29, 1.82) is 0 Å². The summed E-state index contributed by atoms with van der Waals surface area (Å²) in [7, 11) is 0. The molecule has 1 aliphatic rings. The maximum atomic E-state index is 3.91. The predicted molar refractivity (Wildman–Crippen MR) is 76.3 cm³/mol. The zero-order valence-corrected chi connectivity index (χ0v) is 12.3. The SMILES string of the molecule is C=CCN1CC(CC)(CC)NCC1C(C)(C)C. The Morgan fingerprint density at radius 3 is 2.35 bits per heavy atom. The van der Waals surface area contributed by atoms with E-state index >= 15 is 0 Å². The number of nitrogens with zero attached hydrogens (tertiary/aromatic N) is 1. The van der Waals surface area contributed by atoms with Crippen molar-refractivity contribution in [2.24, 2.45) is 5.41 Å². The molecule has 1 heterocycles. The van der Waals surface area contributed by atoms with E-state index in [-0.39, 0.29) is 0 Å². The largest absolute Gasteiger partial charge is 0.308 e. The molecule has 1 unspecified atom stereocenters. The first kappa shape index (κ1) is 14.7. The molecule has 0 saturated carbocycles. The lowest BCUT2D eigenvalue weighted by molar-refractivity contribution is 0.0274. The monoisotopic (exact) mass is 238 g/mol. The molecule has 0 bridgehead atoms. The van der Waals surface area contributed by atoms with Crippen molar-refractivity contribution in [3.05, 3.63) is 12.7 Å². The van der Waals surface area contributed by atoms with Crippen LogP contribution < -0.4 is 5.32 Å². The average Bonchev–Trinajstić information content (AvgIpc) is 2.28. The standard InChI is InChI=1S/C15H30N2/c1-7-10-17-12-15(8-2,9-3)16-11-13(17)14(4,5)6/h7,13,16H,1,8-12H2,2-6H3. The van der Waals surface area contributed by atoms with Gasteiger partial charge in [0.1, 0.15) is 0 Å². The topological polar surface area (TPSA) is 15.3 Å². The third-order valence-electron chi connectivity index (χ3n) is 4.33. The Balaban J connectivity index is 2.84. The lowest BCUT2D eigenvalue weighted by Crippen LogP contribution is -2.66. The summed E-state index contributed by atoms with van der Waals surface area (Å²) in [6.45, 7) is 18.7. The Morgan fingerprint density at radius 2 is 1.94 bits per heavy atom. The third-order valence-corrected chi connectivity index (χ3v) is 4.33. The van der Waals surface area contributed by atoms with Crippen LogP contribution in [0.5, 0.6) is 0 Å². The van der Waals surface area contributed by atoms with Gasteiger partial charge in [-0.25, -0.2) is 0 Å². The molecule has 100 valence electrons. The minimum absolute atomic E-state index is 0.310. The van der Waals surface area contributed by atoms with E-state index in [1.807, 2.05) is 6.08 Å². The van der Waals surface area contributed by atoms with Gasteiger partial charge >= 0.3 is 0 Å². The molecule has 1 atom stereocenters. The van der Waals surface area contributed by atoms with E-state index in [1.54, 1.807) is 0 Å². The molecule has 2 heteroatoms. The van der Waals surface area contributed by atoms with Gasteiger partial charge < -0.3 is 5.32 Å². The Labute approximate surface area is 107 Å². The summed E-state index contributed by atoms with van der Waals surface area (Å²) in [6, 6.07) is 0.603. The molecule has 0 aromatic rings. The van der Waals surface area contributed by atoms with Gasteiger partial charge in [-0.1, -0.05) is 40.7 Å². The van der Waals surface area contributed by atoms with Crippen molar-refractivity contribution < 1.29 is 0 Å². The van der Waals surface area contributed by atoms with E-state index in [9.17, 15) is 0 Å². The van der Waals surface area contributed by atoms with Crippen molar-refractivity contribution in [2.45, 2.75) is 59.0 Å². The molecule has 1 fully saturated rings. The second-order valence-electron chi connectivity index (χ2n) is 6.47. The zero-order valence-electron chi connectivity index (χ0n) is 12.3. The van der Waals surface area contributed by atoms with E-state index in [2.05, 4.69) is 51.4 Å². The summed E-state index contributed by atoms with van der Waals surface area (Å²) in [4.78, 5) is 2.61. The first-order valence-corrected chi connectivity index (χ1v) is 6.98. The van der Waals surface area contributed by atoms with Crippen molar-refractivity contribution in [2.75, 3.05) is 19.6 Å². The molecule has 2 nitrogen and oxygen atoms in total. The molecule has 1 aliphatic heterocycles. The molecule has 0 aliphatic carbocycles. The lowest BCUT2D eigenvalue weighted by Gasteiger charge is -2.51. The molecule has 0 aromatic heterocycles. The molecule has 0 aromatic carbocycles.